The first-order valence-corrected chi connectivity index (χ1v) is 10.6. The molecule has 8 nitrogen and oxygen atoms in total. The summed E-state index contributed by atoms with van der Waals surface area (Å²) < 4.78 is 50.1. The Morgan fingerprint density at radius 1 is 0.963 bits per heavy atom. The number of hydrogen-bond donors (Lipinski definition) is 2. The van der Waals surface area contributed by atoms with E-state index in [0.29, 0.717) is 0 Å². The van der Waals surface area contributed by atoms with Gasteiger partial charge in [-0.2, -0.15) is 4.99 Å². The molecule has 0 saturated carbocycles. The van der Waals surface area contributed by atoms with Gasteiger partial charge < -0.3 is 11.5 Å². The van der Waals surface area contributed by atoms with Gasteiger partial charge in [-0.3, -0.25) is 4.79 Å². The number of halogens is 1. The summed E-state index contributed by atoms with van der Waals surface area (Å²) in [5, 5.41) is 0. The van der Waals surface area contributed by atoms with Crippen molar-refractivity contribution in [2.75, 3.05) is 6.26 Å². The molecule has 146 valence electrons. The molecule has 0 aliphatic rings. The van der Waals surface area contributed by atoms with Crippen LogP contribution in [0.1, 0.15) is 15.9 Å². The molecule has 2 aromatic rings. The molecule has 0 atom stereocenters. The predicted octanol–water partition coefficient (Wildman–Crippen LogP) is 1.07. The average molecular weight is 432 g/mol. The zero-order chi connectivity index (χ0) is 19.7. The lowest BCUT2D eigenvalue weighted by molar-refractivity contribution is 0.100. The van der Waals surface area contributed by atoms with Gasteiger partial charge in [0, 0.05) is 11.8 Å². The highest BCUT2D eigenvalue weighted by atomic mass is 35.5. The van der Waals surface area contributed by atoms with Crippen LogP contribution < -0.4 is 11.5 Å². The number of carbonyl (C=O) groups is 1. The van der Waals surface area contributed by atoms with E-state index in [1.165, 1.54) is 31.2 Å². The van der Waals surface area contributed by atoms with Gasteiger partial charge in [0.15, 0.2) is 15.8 Å². The number of benzene rings is 2. The fraction of sp³-hybridized carbons (Fsp3) is 0.125. The number of rotatable bonds is 4. The van der Waals surface area contributed by atoms with Gasteiger partial charge in [-0.25, -0.2) is 16.8 Å². The van der Waals surface area contributed by atoms with Gasteiger partial charge in [-0.05, 0) is 36.8 Å². The smallest absolute Gasteiger partial charge is 0.280 e. The summed E-state index contributed by atoms with van der Waals surface area (Å²) >= 11 is 0. The molecular weight excluding hydrogens is 414 g/mol. The summed E-state index contributed by atoms with van der Waals surface area (Å²) in [6.07, 6.45) is 0.858. The average Bonchev–Trinajstić information content (AvgIpc) is 2.53. The van der Waals surface area contributed by atoms with Gasteiger partial charge in [0.2, 0.25) is 9.84 Å². The molecule has 0 fully saturated rings. The Balaban J connectivity index is 0.00000364. The third-order valence-electron chi connectivity index (χ3n) is 3.49. The van der Waals surface area contributed by atoms with Crippen LogP contribution in [0.5, 0.6) is 0 Å². The van der Waals surface area contributed by atoms with Gasteiger partial charge >= 0.3 is 0 Å². The maximum absolute atomic E-state index is 12.9. The van der Waals surface area contributed by atoms with Crippen LogP contribution in [0.2, 0.25) is 0 Å². The summed E-state index contributed by atoms with van der Waals surface area (Å²) in [6.45, 7) is 1.46. The van der Waals surface area contributed by atoms with E-state index in [1.807, 2.05) is 0 Å². The Kier molecular flexibility index (Phi) is 6.76. The number of guanidine groups is 1. The number of amides is 1. The number of carbonyl (C=O) groups excluding carboxylic acids is 1. The zero-order valence-corrected chi connectivity index (χ0v) is 16.9. The highest BCUT2D eigenvalue weighted by Gasteiger charge is 2.28. The number of aryl methyl sites for hydroxylation is 1. The van der Waals surface area contributed by atoms with E-state index in [9.17, 15) is 21.6 Å². The summed E-state index contributed by atoms with van der Waals surface area (Å²) in [5.74, 6) is -1.35. The quantitative estimate of drug-likeness (QED) is 0.542. The number of aliphatic imine (C=N–C) groups is 1. The maximum atomic E-state index is 12.9. The molecular formula is C16H18ClN3O5S2. The summed E-state index contributed by atoms with van der Waals surface area (Å²) in [5.41, 5.74) is 10.5. The second-order valence-electron chi connectivity index (χ2n) is 5.54. The lowest BCUT2D eigenvalue weighted by Gasteiger charge is -2.13. The van der Waals surface area contributed by atoms with Gasteiger partial charge in [0.25, 0.3) is 5.91 Å². The number of hydrogen-bond acceptors (Lipinski definition) is 5. The molecule has 0 aliphatic carbocycles. The van der Waals surface area contributed by atoms with Crippen LogP contribution in [0.25, 0.3) is 0 Å². The standard InChI is InChI=1S/C16H17N3O5S2.ClH/c1-10-8-14(26(23,24)11-6-4-3-5-7-11)13(25(2,21)22)9-12(10)15(20)19-16(17)18;/h3-9H,1-2H3,(H4,17,18,19,20);1H. The Labute approximate surface area is 163 Å². The monoisotopic (exact) mass is 431 g/mol. The normalized spacial score (nSPS) is 11.3. The lowest BCUT2D eigenvalue weighted by atomic mass is 10.1. The lowest BCUT2D eigenvalue weighted by Crippen LogP contribution is -2.24. The Bertz CT molecular complexity index is 1110. The van der Waals surface area contributed by atoms with Crippen LogP contribution >= 0.6 is 12.4 Å². The Hall–Kier alpha value is -2.43. The number of nitrogens with zero attached hydrogens (tertiary/aromatic N) is 1. The first-order chi connectivity index (χ1) is 11.9. The molecule has 0 aliphatic heterocycles. The van der Waals surface area contributed by atoms with Crippen molar-refractivity contribution in [2.45, 2.75) is 21.6 Å². The number of nitrogens with two attached hydrogens (primary N) is 2. The van der Waals surface area contributed by atoms with Crippen LogP contribution in [0.4, 0.5) is 0 Å². The molecule has 11 heteroatoms. The van der Waals surface area contributed by atoms with Crippen molar-refractivity contribution in [3.05, 3.63) is 53.6 Å². The van der Waals surface area contributed by atoms with Crippen molar-refractivity contribution in [3.63, 3.8) is 0 Å². The van der Waals surface area contributed by atoms with E-state index >= 15 is 0 Å². The third-order valence-corrected chi connectivity index (χ3v) is 6.57. The van der Waals surface area contributed by atoms with Crippen molar-refractivity contribution >= 4 is 43.9 Å². The molecule has 0 aromatic heterocycles. The van der Waals surface area contributed by atoms with Crippen molar-refractivity contribution in [2.24, 2.45) is 16.5 Å². The fourth-order valence-electron chi connectivity index (χ4n) is 2.30. The van der Waals surface area contributed by atoms with Crippen molar-refractivity contribution < 1.29 is 21.6 Å². The summed E-state index contributed by atoms with van der Waals surface area (Å²) in [6, 6.07) is 9.51. The van der Waals surface area contributed by atoms with Gasteiger partial charge in [0.1, 0.15) is 0 Å². The maximum Gasteiger partial charge on any atom is 0.280 e. The van der Waals surface area contributed by atoms with Gasteiger partial charge in [-0.15, -0.1) is 12.4 Å². The van der Waals surface area contributed by atoms with E-state index in [1.54, 1.807) is 6.07 Å². The zero-order valence-electron chi connectivity index (χ0n) is 14.4. The highest BCUT2D eigenvalue weighted by Crippen LogP contribution is 2.30. The van der Waals surface area contributed by atoms with E-state index in [-0.39, 0.29) is 28.4 Å². The van der Waals surface area contributed by atoms with Crippen LogP contribution in [0.3, 0.4) is 0 Å². The molecule has 0 saturated heterocycles. The first-order valence-electron chi connectivity index (χ1n) is 7.23. The van der Waals surface area contributed by atoms with Crippen molar-refractivity contribution in [1.82, 2.24) is 0 Å². The Morgan fingerprint density at radius 3 is 2.00 bits per heavy atom. The second kappa shape index (κ2) is 8.07. The Morgan fingerprint density at radius 2 is 1.52 bits per heavy atom. The first kappa shape index (κ1) is 22.6. The molecule has 0 heterocycles. The molecule has 4 N–H and O–H groups in total. The molecule has 0 radical (unpaired) electrons. The molecule has 0 unspecified atom stereocenters. The van der Waals surface area contributed by atoms with E-state index < -0.39 is 41.3 Å². The molecule has 2 aromatic carbocycles. The predicted molar refractivity (Wildman–Crippen MR) is 104 cm³/mol. The number of sulfone groups is 2. The third kappa shape index (κ3) is 4.85. The van der Waals surface area contributed by atoms with E-state index in [0.717, 1.165) is 18.4 Å². The summed E-state index contributed by atoms with van der Waals surface area (Å²) in [4.78, 5) is 14.5. The van der Waals surface area contributed by atoms with Crippen LogP contribution in [0, 0.1) is 6.92 Å². The fourth-order valence-corrected chi connectivity index (χ4v) is 5.26. The van der Waals surface area contributed by atoms with Crippen LogP contribution in [0.15, 0.2) is 62.1 Å². The van der Waals surface area contributed by atoms with Gasteiger partial charge in [0.05, 0.1) is 14.7 Å². The molecule has 2 rings (SSSR count). The van der Waals surface area contributed by atoms with Crippen molar-refractivity contribution in [3.8, 4) is 0 Å². The molecule has 0 spiro atoms. The second-order valence-corrected chi connectivity index (χ2v) is 9.45. The largest absolute Gasteiger partial charge is 0.370 e. The minimum Gasteiger partial charge on any atom is -0.370 e. The SMILES string of the molecule is Cc1cc(S(=O)(=O)c2ccccc2)c(S(C)(=O)=O)cc1C(=O)N=C(N)N.Cl. The topological polar surface area (TPSA) is 150 Å². The van der Waals surface area contributed by atoms with E-state index in [4.69, 9.17) is 11.5 Å². The highest BCUT2D eigenvalue weighted by molar-refractivity contribution is 7.94. The van der Waals surface area contributed by atoms with Gasteiger partial charge in [-0.1, -0.05) is 18.2 Å². The minimum absolute atomic E-state index is 0. The van der Waals surface area contributed by atoms with Crippen molar-refractivity contribution in [1.29, 1.82) is 0 Å². The summed E-state index contributed by atoms with van der Waals surface area (Å²) in [7, 11) is -8.08. The van der Waals surface area contributed by atoms with Crippen LogP contribution in [-0.4, -0.2) is 35.0 Å². The minimum atomic E-state index is -4.12. The molecule has 0 bridgehead atoms. The molecule has 1 amide bonds. The van der Waals surface area contributed by atoms with Crippen LogP contribution in [-0.2, 0) is 19.7 Å². The van der Waals surface area contributed by atoms with E-state index in [2.05, 4.69) is 4.99 Å². The molecule has 27 heavy (non-hydrogen) atoms.